The summed E-state index contributed by atoms with van der Waals surface area (Å²) < 4.78 is 1.41. The van der Waals surface area contributed by atoms with Gasteiger partial charge in [-0.15, -0.1) is 6.58 Å². The third kappa shape index (κ3) is 4.79. The second-order valence-corrected chi connectivity index (χ2v) is 3.94. The molecule has 1 N–H and O–H groups in total. The van der Waals surface area contributed by atoms with Crippen LogP contribution in [-0.2, 0) is 16.1 Å². The average Bonchev–Trinajstić information content (AvgIpc) is 2.36. The Bertz CT molecular complexity index is 521. The first-order chi connectivity index (χ1) is 9.04. The number of carboxylic acids is 1. The highest BCUT2D eigenvalue weighted by Gasteiger charge is 2.15. The van der Waals surface area contributed by atoms with E-state index in [9.17, 15) is 14.4 Å². The average molecular weight is 264 g/mol. The number of pyridine rings is 1. The number of carbonyl (C=O) groups excluding carboxylic acids is 1. The van der Waals surface area contributed by atoms with Crippen molar-refractivity contribution < 1.29 is 14.7 Å². The molecule has 0 saturated carbocycles. The van der Waals surface area contributed by atoms with E-state index in [4.69, 9.17) is 5.11 Å². The van der Waals surface area contributed by atoms with Crippen LogP contribution in [0.15, 0.2) is 41.8 Å². The van der Waals surface area contributed by atoms with Gasteiger partial charge in [-0.1, -0.05) is 12.1 Å². The first-order valence-corrected chi connectivity index (χ1v) is 5.80. The van der Waals surface area contributed by atoms with E-state index in [-0.39, 0.29) is 37.5 Å². The predicted molar refractivity (Wildman–Crippen MR) is 69.7 cm³/mol. The number of aliphatic carboxylic acids is 1. The quantitative estimate of drug-likeness (QED) is 0.720. The maximum atomic E-state index is 11.9. The normalized spacial score (nSPS) is 9.89. The maximum Gasteiger partial charge on any atom is 0.323 e. The smallest absolute Gasteiger partial charge is 0.323 e. The highest BCUT2D eigenvalue weighted by Crippen LogP contribution is 1.97. The summed E-state index contributed by atoms with van der Waals surface area (Å²) in [5.74, 6) is -1.40. The molecule has 1 aromatic rings. The summed E-state index contributed by atoms with van der Waals surface area (Å²) in [4.78, 5) is 35.1. The number of carboxylic acid groups (broad SMARTS) is 1. The molecule has 0 aliphatic heterocycles. The van der Waals surface area contributed by atoms with Gasteiger partial charge in [-0.3, -0.25) is 14.4 Å². The minimum absolute atomic E-state index is 0.0744. The molecule has 0 aliphatic rings. The molecule has 19 heavy (non-hydrogen) atoms. The molecule has 0 saturated heterocycles. The third-order valence-corrected chi connectivity index (χ3v) is 2.49. The molecular weight excluding hydrogens is 248 g/mol. The van der Waals surface area contributed by atoms with Crippen LogP contribution in [0.5, 0.6) is 0 Å². The van der Waals surface area contributed by atoms with Gasteiger partial charge in [0.1, 0.15) is 6.54 Å². The molecule has 1 amide bonds. The van der Waals surface area contributed by atoms with E-state index in [1.54, 1.807) is 18.3 Å². The van der Waals surface area contributed by atoms with Gasteiger partial charge in [0.15, 0.2) is 0 Å². The number of aromatic nitrogens is 1. The molecule has 0 fully saturated rings. The molecule has 1 heterocycles. The lowest BCUT2D eigenvalue weighted by atomic mass is 10.3. The summed E-state index contributed by atoms with van der Waals surface area (Å²) in [5, 5.41) is 8.71. The second kappa shape index (κ2) is 7.15. The van der Waals surface area contributed by atoms with Gasteiger partial charge < -0.3 is 14.6 Å². The van der Waals surface area contributed by atoms with Crippen molar-refractivity contribution in [3.8, 4) is 0 Å². The Labute approximate surface area is 110 Å². The first-order valence-electron chi connectivity index (χ1n) is 5.80. The summed E-state index contributed by atoms with van der Waals surface area (Å²) in [5.41, 5.74) is -0.191. The summed E-state index contributed by atoms with van der Waals surface area (Å²) in [6.07, 6.45) is 3.13. The van der Waals surface area contributed by atoms with E-state index in [2.05, 4.69) is 6.58 Å². The number of hydrogen-bond donors (Lipinski definition) is 1. The van der Waals surface area contributed by atoms with Crippen LogP contribution in [0.2, 0.25) is 0 Å². The van der Waals surface area contributed by atoms with E-state index >= 15 is 0 Å². The lowest BCUT2D eigenvalue weighted by Crippen LogP contribution is -2.36. The number of nitrogens with zero attached hydrogens (tertiary/aromatic N) is 2. The lowest BCUT2D eigenvalue weighted by molar-refractivity contribution is -0.144. The van der Waals surface area contributed by atoms with Gasteiger partial charge in [0.2, 0.25) is 5.91 Å². The van der Waals surface area contributed by atoms with Crippen LogP contribution in [0.4, 0.5) is 0 Å². The largest absolute Gasteiger partial charge is 0.480 e. The zero-order chi connectivity index (χ0) is 14.3. The van der Waals surface area contributed by atoms with Crippen molar-refractivity contribution in [2.24, 2.45) is 0 Å². The number of carbonyl (C=O) groups is 2. The van der Waals surface area contributed by atoms with Crippen molar-refractivity contribution in [1.29, 1.82) is 0 Å². The van der Waals surface area contributed by atoms with Gasteiger partial charge in [-0.2, -0.15) is 0 Å². The molecule has 1 aromatic heterocycles. The van der Waals surface area contributed by atoms with Gasteiger partial charge in [-0.05, 0) is 6.07 Å². The maximum absolute atomic E-state index is 11.9. The number of hydrogen-bond acceptors (Lipinski definition) is 3. The second-order valence-electron chi connectivity index (χ2n) is 3.94. The topological polar surface area (TPSA) is 79.6 Å². The van der Waals surface area contributed by atoms with Gasteiger partial charge >= 0.3 is 5.97 Å². The molecule has 102 valence electrons. The molecule has 0 bridgehead atoms. The summed E-state index contributed by atoms with van der Waals surface area (Å²) in [6.45, 7) is 3.52. The van der Waals surface area contributed by atoms with Crippen molar-refractivity contribution in [2.75, 3.05) is 13.1 Å². The third-order valence-electron chi connectivity index (χ3n) is 2.49. The van der Waals surface area contributed by atoms with E-state index < -0.39 is 5.97 Å². The van der Waals surface area contributed by atoms with Crippen molar-refractivity contribution in [3.63, 3.8) is 0 Å². The molecule has 6 nitrogen and oxygen atoms in total. The Morgan fingerprint density at radius 2 is 2.16 bits per heavy atom. The summed E-state index contributed by atoms with van der Waals surface area (Å²) in [6, 6.07) is 4.73. The highest BCUT2D eigenvalue weighted by molar-refractivity contribution is 5.81. The zero-order valence-corrected chi connectivity index (χ0v) is 10.5. The standard InChI is InChI=1S/C13H16N2O4/c1-2-7-15(10-13(18)19)12(17)6-9-14-8-4-3-5-11(14)16/h2-5,8H,1,6-7,9-10H2,(H,18,19). The Balaban J connectivity index is 2.62. The number of amides is 1. The highest BCUT2D eigenvalue weighted by atomic mass is 16.4. The minimum Gasteiger partial charge on any atom is -0.480 e. The van der Waals surface area contributed by atoms with Crippen molar-refractivity contribution in [1.82, 2.24) is 9.47 Å². The molecule has 0 unspecified atom stereocenters. The molecule has 0 aromatic carbocycles. The van der Waals surface area contributed by atoms with E-state index in [1.165, 1.54) is 21.6 Å². The van der Waals surface area contributed by atoms with Crippen LogP contribution >= 0.6 is 0 Å². The molecule has 1 rings (SSSR count). The SMILES string of the molecule is C=CCN(CC(=O)O)C(=O)CCn1ccccc1=O. The van der Waals surface area contributed by atoms with Gasteiger partial charge in [0, 0.05) is 31.8 Å². The van der Waals surface area contributed by atoms with Gasteiger partial charge in [-0.25, -0.2) is 0 Å². The molecular formula is C13H16N2O4. The monoisotopic (exact) mass is 264 g/mol. The van der Waals surface area contributed by atoms with Crippen LogP contribution in [0.25, 0.3) is 0 Å². The fourth-order valence-electron chi connectivity index (χ4n) is 1.59. The molecule has 0 radical (unpaired) electrons. The minimum atomic E-state index is -1.08. The van der Waals surface area contributed by atoms with Crippen LogP contribution in [-0.4, -0.2) is 39.5 Å². The predicted octanol–water partition coefficient (Wildman–Crippen LogP) is 0.338. The van der Waals surface area contributed by atoms with E-state index in [1.807, 2.05) is 0 Å². The van der Waals surface area contributed by atoms with Crippen molar-refractivity contribution >= 4 is 11.9 Å². The van der Waals surface area contributed by atoms with Crippen LogP contribution in [0, 0.1) is 0 Å². The van der Waals surface area contributed by atoms with E-state index in [0.717, 1.165) is 0 Å². The molecule has 0 atom stereocenters. The first kappa shape index (κ1) is 14.7. The van der Waals surface area contributed by atoms with Gasteiger partial charge in [0.05, 0.1) is 0 Å². The van der Waals surface area contributed by atoms with Crippen LogP contribution in [0.3, 0.4) is 0 Å². The fourth-order valence-corrected chi connectivity index (χ4v) is 1.59. The van der Waals surface area contributed by atoms with Crippen molar-refractivity contribution in [2.45, 2.75) is 13.0 Å². The Morgan fingerprint density at radius 1 is 1.42 bits per heavy atom. The Morgan fingerprint density at radius 3 is 2.74 bits per heavy atom. The molecule has 6 heteroatoms. The molecule has 0 aliphatic carbocycles. The Kier molecular flexibility index (Phi) is 5.53. The Hall–Kier alpha value is -2.37. The number of aryl methyl sites for hydroxylation is 1. The molecule has 0 spiro atoms. The van der Waals surface area contributed by atoms with Crippen molar-refractivity contribution in [3.05, 3.63) is 47.4 Å². The fraction of sp³-hybridized carbons (Fsp3) is 0.308. The van der Waals surface area contributed by atoms with Crippen LogP contribution < -0.4 is 5.56 Å². The summed E-state index contributed by atoms with van der Waals surface area (Å²) in [7, 11) is 0. The summed E-state index contributed by atoms with van der Waals surface area (Å²) >= 11 is 0. The van der Waals surface area contributed by atoms with Crippen LogP contribution in [0.1, 0.15) is 6.42 Å². The van der Waals surface area contributed by atoms with Gasteiger partial charge in [0.25, 0.3) is 5.56 Å². The lowest BCUT2D eigenvalue weighted by Gasteiger charge is -2.18. The van der Waals surface area contributed by atoms with E-state index in [0.29, 0.717) is 0 Å². The number of rotatable bonds is 7. The zero-order valence-electron chi connectivity index (χ0n) is 10.5.